The molecule has 7 nitrogen and oxygen atoms in total. The minimum atomic E-state index is -0.0232. The van der Waals surface area contributed by atoms with Gasteiger partial charge in [0.05, 0.1) is 39.1 Å². The SMILES string of the molecule is COc1ccc(/C(=C\[C@@H]2c3c(cc4c(c3OC)OCO4)CC[NH+]2C)NO)cc1. The van der Waals surface area contributed by atoms with Crippen LogP contribution in [0.1, 0.15) is 22.7 Å². The molecule has 0 spiro atoms. The van der Waals surface area contributed by atoms with Gasteiger partial charge in [-0.15, -0.1) is 0 Å². The first kappa shape index (κ1) is 18.5. The molecule has 4 rings (SSSR count). The maximum atomic E-state index is 9.82. The van der Waals surface area contributed by atoms with Crippen LogP contribution in [0, 0.1) is 0 Å². The molecule has 0 amide bonds. The normalized spacial score (nSPS) is 20.5. The van der Waals surface area contributed by atoms with Gasteiger partial charge in [-0.25, -0.2) is 0 Å². The predicted molar refractivity (Wildman–Crippen MR) is 103 cm³/mol. The van der Waals surface area contributed by atoms with Crippen LogP contribution < -0.4 is 29.3 Å². The molecule has 28 heavy (non-hydrogen) atoms. The molecule has 7 heteroatoms. The van der Waals surface area contributed by atoms with E-state index in [1.54, 1.807) is 14.2 Å². The molecule has 0 saturated carbocycles. The highest BCUT2D eigenvalue weighted by molar-refractivity contribution is 5.67. The summed E-state index contributed by atoms with van der Waals surface area (Å²) < 4.78 is 22.2. The Hall–Kier alpha value is -2.90. The number of methoxy groups -OCH3 is 2. The van der Waals surface area contributed by atoms with E-state index in [9.17, 15) is 5.21 Å². The molecule has 0 fully saturated rings. The first-order chi connectivity index (χ1) is 13.7. The number of nitrogens with one attached hydrogen (secondary N) is 2. The van der Waals surface area contributed by atoms with Gasteiger partial charge >= 0.3 is 0 Å². The smallest absolute Gasteiger partial charge is 0.231 e. The van der Waals surface area contributed by atoms with Gasteiger partial charge in [0.15, 0.2) is 11.5 Å². The molecule has 0 radical (unpaired) electrons. The van der Waals surface area contributed by atoms with Crippen LogP contribution in [0.3, 0.4) is 0 Å². The van der Waals surface area contributed by atoms with Gasteiger partial charge < -0.3 is 23.8 Å². The first-order valence-corrected chi connectivity index (χ1v) is 9.24. The second-order valence-electron chi connectivity index (χ2n) is 6.96. The summed E-state index contributed by atoms with van der Waals surface area (Å²) in [4.78, 5) is 1.30. The largest absolute Gasteiger partial charge is 0.497 e. The van der Waals surface area contributed by atoms with E-state index in [4.69, 9.17) is 18.9 Å². The third-order valence-electron chi connectivity index (χ3n) is 5.43. The predicted octanol–water partition coefficient (Wildman–Crippen LogP) is 1.56. The van der Waals surface area contributed by atoms with Crippen LogP contribution in [-0.4, -0.2) is 39.8 Å². The van der Waals surface area contributed by atoms with Gasteiger partial charge in [0.1, 0.15) is 11.8 Å². The summed E-state index contributed by atoms with van der Waals surface area (Å²) in [6.45, 7) is 1.16. The van der Waals surface area contributed by atoms with Crippen LogP contribution in [0.4, 0.5) is 0 Å². The molecular weight excluding hydrogens is 360 g/mol. The highest BCUT2D eigenvalue weighted by Gasteiger charge is 2.35. The minimum absolute atomic E-state index is 0.0232. The number of hydrogen-bond acceptors (Lipinski definition) is 6. The summed E-state index contributed by atoms with van der Waals surface area (Å²) in [6, 6.07) is 9.57. The van der Waals surface area contributed by atoms with Gasteiger partial charge in [-0.05, 0) is 35.9 Å². The fourth-order valence-corrected chi connectivity index (χ4v) is 3.92. The zero-order chi connectivity index (χ0) is 19.7. The van der Waals surface area contributed by atoms with Crippen molar-refractivity contribution in [2.45, 2.75) is 12.5 Å². The molecule has 2 aromatic carbocycles. The standard InChI is InChI=1S/C21H24N2O5/c1-23-9-8-14-10-18-20(28-12-27-18)21(26-3)19(14)17(23)11-16(22-24)13-4-6-15(25-2)7-5-13/h4-7,10-11,17,22,24H,8-9,12H2,1-3H3/p+1/b16-11+/t17-/m1/s1. The molecule has 0 aliphatic carbocycles. The van der Waals surface area contributed by atoms with Crippen LogP contribution in [-0.2, 0) is 6.42 Å². The number of hydrogen-bond donors (Lipinski definition) is 3. The van der Waals surface area contributed by atoms with Crippen molar-refractivity contribution in [1.29, 1.82) is 0 Å². The van der Waals surface area contributed by atoms with Crippen molar-refractivity contribution in [3.63, 3.8) is 0 Å². The first-order valence-electron chi connectivity index (χ1n) is 9.24. The Bertz CT molecular complexity index is 895. The minimum Gasteiger partial charge on any atom is -0.497 e. The summed E-state index contributed by atoms with van der Waals surface area (Å²) in [5, 5.41) is 9.82. The van der Waals surface area contributed by atoms with Gasteiger partial charge in [-0.2, -0.15) is 0 Å². The molecule has 2 aliphatic rings. The molecule has 0 aromatic heterocycles. The van der Waals surface area contributed by atoms with E-state index in [-0.39, 0.29) is 12.8 Å². The summed E-state index contributed by atoms with van der Waals surface area (Å²) in [7, 11) is 5.41. The van der Waals surface area contributed by atoms with Crippen molar-refractivity contribution in [3.8, 4) is 23.0 Å². The summed E-state index contributed by atoms with van der Waals surface area (Å²) in [5.41, 5.74) is 6.09. The molecule has 148 valence electrons. The molecule has 2 atom stereocenters. The van der Waals surface area contributed by atoms with Crippen molar-refractivity contribution in [1.82, 2.24) is 5.48 Å². The lowest BCUT2D eigenvalue weighted by molar-refractivity contribution is -0.907. The van der Waals surface area contributed by atoms with Gasteiger partial charge in [-0.3, -0.25) is 10.7 Å². The monoisotopic (exact) mass is 385 g/mol. The van der Waals surface area contributed by atoms with Crippen LogP contribution >= 0.6 is 0 Å². The van der Waals surface area contributed by atoms with E-state index < -0.39 is 0 Å². The molecule has 2 aromatic rings. The lowest BCUT2D eigenvalue weighted by Gasteiger charge is -2.31. The zero-order valence-electron chi connectivity index (χ0n) is 16.2. The van der Waals surface area contributed by atoms with E-state index in [0.717, 1.165) is 35.6 Å². The van der Waals surface area contributed by atoms with Crippen molar-refractivity contribution >= 4 is 5.70 Å². The lowest BCUT2D eigenvalue weighted by atomic mass is 9.90. The second-order valence-corrected chi connectivity index (χ2v) is 6.96. The Balaban J connectivity index is 1.80. The van der Waals surface area contributed by atoms with Crippen molar-refractivity contribution < 1.29 is 29.1 Å². The Morgan fingerprint density at radius 3 is 2.68 bits per heavy atom. The summed E-state index contributed by atoms with van der Waals surface area (Å²) in [5.74, 6) is 2.85. The average Bonchev–Trinajstić information content (AvgIpc) is 3.20. The molecule has 0 bridgehead atoms. The van der Waals surface area contributed by atoms with Gasteiger partial charge in [-0.1, -0.05) is 0 Å². The number of quaternary nitrogens is 1. The van der Waals surface area contributed by atoms with E-state index in [1.807, 2.05) is 36.4 Å². The van der Waals surface area contributed by atoms with Crippen molar-refractivity contribution in [2.24, 2.45) is 0 Å². The highest BCUT2D eigenvalue weighted by Crippen LogP contribution is 2.47. The Morgan fingerprint density at radius 2 is 2.00 bits per heavy atom. The van der Waals surface area contributed by atoms with E-state index in [0.29, 0.717) is 17.2 Å². The molecule has 2 aliphatic heterocycles. The topological polar surface area (TPSA) is 73.6 Å². The maximum absolute atomic E-state index is 9.82. The Morgan fingerprint density at radius 1 is 1.21 bits per heavy atom. The van der Waals surface area contributed by atoms with Gasteiger partial charge in [0, 0.05) is 18.1 Å². The summed E-state index contributed by atoms with van der Waals surface area (Å²) in [6.07, 6.45) is 2.95. The number of likely N-dealkylation sites (N-methyl/N-ethyl adjacent to an activating group) is 1. The number of ether oxygens (including phenoxy) is 4. The van der Waals surface area contributed by atoms with Crippen LogP contribution in [0.2, 0.25) is 0 Å². The molecule has 1 unspecified atom stereocenters. The van der Waals surface area contributed by atoms with E-state index in [1.165, 1.54) is 10.5 Å². The van der Waals surface area contributed by atoms with Crippen LogP contribution in [0.25, 0.3) is 5.70 Å². The number of benzene rings is 2. The molecular formula is C21H25N2O5+. The summed E-state index contributed by atoms with van der Waals surface area (Å²) >= 11 is 0. The molecule has 2 heterocycles. The third kappa shape index (κ3) is 3.12. The quantitative estimate of drug-likeness (QED) is 0.679. The van der Waals surface area contributed by atoms with Gasteiger partial charge in [0.2, 0.25) is 12.5 Å². The third-order valence-corrected chi connectivity index (χ3v) is 5.43. The number of fused-ring (bicyclic) bond motifs is 2. The lowest BCUT2D eigenvalue weighted by Crippen LogP contribution is -3.10. The Labute approximate surface area is 164 Å². The van der Waals surface area contributed by atoms with Crippen LogP contribution in [0.15, 0.2) is 36.4 Å². The van der Waals surface area contributed by atoms with Crippen LogP contribution in [0.5, 0.6) is 23.0 Å². The molecule has 3 N–H and O–H groups in total. The fraction of sp³-hybridized carbons (Fsp3) is 0.333. The maximum Gasteiger partial charge on any atom is 0.231 e. The number of rotatable bonds is 5. The second kappa shape index (κ2) is 7.61. The molecule has 0 saturated heterocycles. The Kier molecular flexibility index (Phi) is 5.02. The van der Waals surface area contributed by atoms with Crippen molar-refractivity contribution in [3.05, 3.63) is 53.1 Å². The van der Waals surface area contributed by atoms with E-state index >= 15 is 0 Å². The highest BCUT2D eigenvalue weighted by atomic mass is 16.7. The van der Waals surface area contributed by atoms with Gasteiger partial charge in [0.25, 0.3) is 0 Å². The number of hydroxylamine groups is 1. The average molecular weight is 385 g/mol. The van der Waals surface area contributed by atoms with E-state index in [2.05, 4.69) is 12.5 Å². The van der Waals surface area contributed by atoms with Crippen molar-refractivity contribution in [2.75, 3.05) is 34.6 Å². The fourth-order valence-electron chi connectivity index (χ4n) is 3.92. The zero-order valence-corrected chi connectivity index (χ0v) is 16.2.